The molecule has 0 aliphatic heterocycles. The summed E-state index contributed by atoms with van der Waals surface area (Å²) in [6.07, 6.45) is 3.96. The highest BCUT2D eigenvalue weighted by atomic mass is 16.1. The molecule has 0 radical (unpaired) electrons. The van der Waals surface area contributed by atoms with E-state index < -0.39 is 0 Å². The van der Waals surface area contributed by atoms with Gasteiger partial charge in [0.1, 0.15) is 5.78 Å². The number of fused-ring (bicyclic) bond motifs is 2. The molecule has 0 aromatic rings. The zero-order valence-electron chi connectivity index (χ0n) is 8.84. The van der Waals surface area contributed by atoms with E-state index in [4.69, 9.17) is 5.53 Å². The zero-order chi connectivity index (χ0) is 10.4. The third kappa shape index (κ3) is 1.53. The predicted molar refractivity (Wildman–Crippen MR) is 52.9 cm³/mol. The van der Waals surface area contributed by atoms with E-state index in [0.717, 1.165) is 25.0 Å². The number of hydrogen-bond donors (Lipinski definition) is 0. The van der Waals surface area contributed by atoms with Crippen LogP contribution >= 0.6 is 0 Å². The molecule has 2 saturated carbocycles. The van der Waals surface area contributed by atoms with Crippen LogP contribution in [0.2, 0.25) is 0 Å². The molecule has 3 nitrogen and oxygen atoms in total. The van der Waals surface area contributed by atoms with Gasteiger partial charge in [0.15, 0.2) is 0 Å². The standard InChI is InChI=1S/C11H16N2O/c1-10-3-8(13-12)4-11(2,7-10)6-9(14)5-10/h3-7H2,1-2H3. The van der Waals surface area contributed by atoms with E-state index in [2.05, 4.69) is 18.6 Å². The smallest absolute Gasteiger partial charge is 0.269 e. The molecule has 0 spiro atoms. The van der Waals surface area contributed by atoms with E-state index in [9.17, 15) is 4.79 Å². The molecule has 2 bridgehead atoms. The summed E-state index contributed by atoms with van der Waals surface area (Å²) in [5, 5.41) is 0. The van der Waals surface area contributed by atoms with Crippen molar-refractivity contribution in [2.45, 2.75) is 46.0 Å². The van der Waals surface area contributed by atoms with Crippen LogP contribution in [0.15, 0.2) is 0 Å². The summed E-state index contributed by atoms with van der Waals surface area (Å²) in [6, 6.07) is 0. The molecule has 0 aromatic heterocycles. The van der Waals surface area contributed by atoms with Gasteiger partial charge in [0.2, 0.25) is 0 Å². The van der Waals surface area contributed by atoms with E-state index in [-0.39, 0.29) is 10.8 Å². The first-order chi connectivity index (χ1) is 6.45. The lowest BCUT2D eigenvalue weighted by atomic mass is 9.55. The third-order valence-corrected chi connectivity index (χ3v) is 3.50. The van der Waals surface area contributed by atoms with Crippen LogP contribution < -0.4 is 0 Å². The fourth-order valence-corrected chi connectivity index (χ4v) is 3.54. The maximum atomic E-state index is 11.6. The largest absolute Gasteiger partial charge is 0.362 e. The number of rotatable bonds is 0. The highest BCUT2D eigenvalue weighted by Crippen LogP contribution is 2.52. The summed E-state index contributed by atoms with van der Waals surface area (Å²) >= 11 is 0. The molecule has 0 N–H and O–H groups in total. The van der Waals surface area contributed by atoms with Crippen LogP contribution in [0.4, 0.5) is 0 Å². The monoisotopic (exact) mass is 192 g/mol. The van der Waals surface area contributed by atoms with Crippen molar-refractivity contribution in [1.29, 1.82) is 0 Å². The number of carbonyl (C=O) groups is 1. The Morgan fingerprint density at radius 2 is 1.64 bits per heavy atom. The summed E-state index contributed by atoms with van der Waals surface area (Å²) in [4.78, 5) is 14.9. The molecule has 2 unspecified atom stereocenters. The molecule has 76 valence electrons. The lowest BCUT2D eigenvalue weighted by Gasteiger charge is -2.46. The van der Waals surface area contributed by atoms with Gasteiger partial charge in [0, 0.05) is 12.8 Å². The van der Waals surface area contributed by atoms with Crippen molar-refractivity contribution in [3.63, 3.8) is 0 Å². The third-order valence-electron chi connectivity index (χ3n) is 3.50. The number of ketones is 1. The van der Waals surface area contributed by atoms with Gasteiger partial charge in [-0.15, -0.1) is 0 Å². The van der Waals surface area contributed by atoms with Crippen molar-refractivity contribution in [3.05, 3.63) is 5.53 Å². The molecule has 2 atom stereocenters. The SMILES string of the molecule is CC12CC(=O)CC(C)(CC(=[N+]=[N-])C1)C2. The van der Waals surface area contributed by atoms with Gasteiger partial charge in [-0.2, -0.15) is 4.79 Å². The quantitative estimate of drug-likeness (QED) is 0.429. The second-order valence-corrected chi connectivity index (χ2v) is 5.71. The summed E-state index contributed by atoms with van der Waals surface area (Å²) in [7, 11) is 0. The van der Waals surface area contributed by atoms with E-state index >= 15 is 0 Å². The molecular weight excluding hydrogens is 176 g/mol. The Kier molecular flexibility index (Phi) is 1.90. The van der Waals surface area contributed by atoms with E-state index in [0.29, 0.717) is 18.6 Å². The second-order valence-electron chi connectivity index (χ2n) is 5.71. The maximum Gasteiger partial charge on any atom is 0.269 e. The molecule has 3 heteroatoms. The van der Waals surface area contributed by atoms with E-state index in [1.54, 1.807) is 0 Å². The number of nitrogens with zero attached hydrogens (tertiary/aromatic N) is 2. The molecule has 2 aliphatic carbocycles. The van der Waals surface area contributed by atoms with Crippen molar-refractivity contribution in [1.82, 2.24) is 0 Å². The van der Waals surface area contributed by atoms with E-state index in [1.165, 1.54) is 0 Å². The van der Waals surface area contributed by atoms with Gasteiger partial charge in [0.05, 0.1) is 12.8 Å². The lowest BCUT2D eigenvalue weighted by molar-refractivity contribution is -0.129. The Morgan fingerprint density at radius 3 is 2.07 bits per heavy atom. The average Bonchev–Trinajstić information content (AvgIpc) is 1.97. The summed E-state index contributed by atoms with van der Waals surface area (Å²) < 4.78 is 0. The van der Waals surface area contributed by atoms with Crippen molar-refractivity contribution in [2.24, 2.45) is 10.8 Å². The zero-order valence-corrected chi connectivity index (χ0v) is 8.84. The molecule has 0 amide bonds. The first-order valence-corrected chi connectivity index (χ1v) is 5.16. The molecule has 2 aliphatic rings. The minimum Gasteiger partial charge on any atom is -0.362 e. The van der Waals surface area contributed by atoms with Gasteiger partial charge >= 0.3 is 0 Å². The van der Waals surface area contributed by atoms with Gasteiger partial charge in [-0.25, -0.2) is 0 Å². The lowest BCUT2D eigenvalue weighted by Crippen LogP contribution is -2.44. The summed E-state index contributed by atoms with van der Waals surface area (Å²) in [5.41, 5.74) is 9.80. The minimum atomic E-state index is 0.0455. The van der Waals surface area contributed by atoms with Crippen molar-refractivity contribution >= 4 is 11.5 Å². The molecule has 0 saturated heterocycles. The Hall–Kier alpha value is -0.950. The fourth-order valence-electron chi connectivity index (χ4n) is 3.54. The van der Waals surface area contributed by atoms with Crippen LogP contribution in [-0.4, -0.2) is 16.3 Å². The highest BCUT2D eigenvalue weighted by Gasteiger charge is 2.50. The second kappa shape index (κ2) is 2.77. The molecule has 2 fully saturated rings. The predicted octanol–water partition coefficient (Wildman–Crippen LogP) is 2.22. The van der Waals surface area contributed by atoms with Crippen LogP contribution in [0.25, 0.3) is 5.53 Å². The molecule has 2 rings (SSSR count). The Morgan fingerprint density at radius 1 is 1.14 bits per heavy atom. The molecule has 0 heterocycles. The van der Waals surface area contributed by atoms with Gasteiger partial charge in [-0.05, 0) is 17.3 Å². The van der Waals surface area contributed by atoms with Crippen LogP contribution in [0, 0.1) is 10.8 Å². The van der Waals surface area contributed by atoms with Crippen LogP contribution in [0.3, 0.4) is 0 Å². The van der Waals surface area contributed by atoms with Gasteiger partial charge < -0.3 is 5.53 Å². The van der Waals surface area contributed by atoms with E-state index in [1.807, 2.05) is 0 Å². The highest BCUT2D eigenvalue weighted by molar-refractivity contribution is 5.88. The normalized spacial score (nSPS) is 42.1. The topological polar surface area (TPSA) is 53.5 Å². The number of carbonyl (C=O) groups excluding carboxylic acids is 1. The van der Waals surface area contributed by atoms with Gasteiger partial charge in [-0.3, -0.25) is 4.79 Å². The number of hydrogen-bond acceptors (Lipinski definition) is 1. The van der Waals surface area contributed by atoms with Gasteiger partial charge in [0.25, 0.3) is 5.71 Å². The Labute approximate surface area is 84.1 Å². The fraction of sp³-hybridized carbons (Fsp3) is 0.818. The summed E-state index contributed by atoms with van der Waals surface area (Å²) in [6.45, 7) is 4.26. The Bertz CT molecular complexity index is 319. The maximum absolute atomic E-state index is 11.6. The first-order valence-electron chi connectivity index (χ1n) is 5.16. The first kappa shape index (κ1) is 9.60. The minimum absolute atomic E-state index is 0.0455. The molecule has 0 aromatic carbocycles. The average molecular weight is 192 g/mol. The van der Waals surface area contributed by atoms with Crippen molar-refractivity contribution in [2.75, 3.05) is 0 Å². The van der Waals surface area contributed by atoms with Crippen molar-refractivity contribution < 1.29 is 9.58 Å². The van der Waals surface area contributed by atoms with Crippen molar-refractivity contribution in [3.8, 4) is 0 Å². The number of Topliss-reactive ketones (excluding diaryl/α,β-unsaturated/α-hetero) is 1. The van der Waals surface area contributed by atoms with Crippen LogP contribution in [-0.2, 0) is 4.79 Å². The van der Waals surface area contributed by atoms with Crippen LogP contribution in [0.1, 0.15) is 46.0 Å². The summed E-state index contributed by atoms with van der Waals surface area (Å²) in [5.74, 6) is 0.373. The van der Waals surface area contributed by atoms with Gasteiger partial charge in [-0.1, -0.05) is 13.8 Å². The Balaban J connectivity index is 2.36. The van der Waals surface area contributed by atoms with Crippen LogP contribution in [0.5, 0.6) is 0 Å². The molecular formula is C11H16N2O. The molecule has 14 heavy (non-hydrogen) atoms.